The van der Waals surface area contributed by atoms with Gasteiger partial charge in [0.05, 0.1) is 0 Å². The van der Waals surface area contributed by atoms with Crippen LogP contribution in [0.5, 0.6) is 0 Å². The fourth-order valence-electron chi connectivity index (χ4n) is 2.41. The van der Waals surface area contributed by atoms with Crippen LogP contribution in [0.15, 0.2) is 12.3 Å². The van der Waals surface area contributed by atoms with E-state index in [4.69, 9.17) is 16.3 Å². The first-order valence-corrected chi connectivity index (χ1v) is 7.91. The largest absolute Gasteiger partial charge is 0.444 e. The summed E-state index contributed by atoms with van der Waals surface area (Å²) in [6, 6.07) is 1.78. The lowest BCUT2D eigenvalue weighted by Crippen LogP contribution is -2.44. The minimum absolute atomic E-state index is 0.226. The normalized spacial score (nSPS) is 18.9. The van der Waals surface area contributed by atoms with Crippen molar-refractivity contribution in [3.05, 3.63) is 17.5 Å². The number of hydrogen-bond donors (Lipinski definition) is 1. The summed E-state index contributed by atoms with van der Waals surface area (Å²) in [5.74, 6) is 1.07. The van der Waals surface area contributed by atoms with Crippen molar-refractivity contribution < 1.29 is 9.53 Å². The zero-order chi connectivity index (χ0) is 16.2. The van der Waals surface area contributed by atoms with Gasteiger partial charge in [0.2, 0.25) is 5.28 Å². The number of piperidine rings is 1. The van der Waals surface area contributed by atoms with Gasteiger partial charge in [0.1, 0.15) is 11.4 Å². The molecule has 7 heteroatoms. The maximum Gasteiger partial charge on any atom is 0.410 e. The molecule has 0 radical (unpaired) electrons. The van der Waals surface area contributed by atoms with Crippen LogP contribution in [0.4, 0.5) is 10.6 Å². The molecule has 1 saturated heterocycles. The van der Waals surface area contributed by atoms with Gasteiger partial charge in [-0.15, -0.1) is 0 Å². The van der Waals surface area contributed by atoms with Gasteiger partial charge < -0.3 is 15.0 Å². The molecular weight excluding hydrogens is 304 g/mol. The SMILES string of the molecule is CC(C)(C)OC(=O)N1CCCC(CNc2ccnc(Cl)n2)C1. The van der Waals surface area contributed by atoms with Crippen LogP contribution in [0, 0.1) is 5.92 Å². The van der Waals surface area contributed by atoms with Gasteiger partial charge in [0.25, 0.3) is 0 Å². The van der Waals surface area contributed by atoms with E-state index in [0.29, 0.717) is 18.3 Å². The van der Waals surface area contributed by atoms with Crippen molar-refractivity contribution in [2.24, 2.45) is 5.92 Å². The Morgan fingerprint density at radius 2 is 2.32 bits per heavy atom. The van der Waals surface area contributed by atoms with Crippen molar-refractivity contribution in [3.63, 3.8) is 0 Å². The van der Waals surface area contributed by atoms with E-state index >= 15 is 0 Å². The average molecular weight is 327 g/mol. The quantitative estimate of drug-likeness (QED) is 0.864. The number of nitrogens with one attached hydrogen (secondary N) is 1. The molecule has 122 valence electrons. The number of nitrogens with zero attached hydrogens (tertiary/aromatic N) is 3. The number of carbonyl (C=O) groups excluding carboxylic acids is 1. The van der Waals surface area contributed by atoms with E-state index in [9.17, 15) is 4.79 Å². The third-order valence-corrected chi connectivity index (χ3v) is 3.55. The van der Waals surface area contributed by atoms with E-state index in [1.54, 1.807) is 17.2 Å². The highest BCUT2D eigenvalue weighted by molar-refractivity contribution is 6.28. The van der Waals surface area contributed by atoms with Crippen molar-refractivity contribution in [1.82, 2.24) is 14.9 Å². The smallest absolute Gasteiger partial charge is 0.410 e. The summed E-state index contributed by atoms with van der Waals surface area (Å²) >= 11 is 5.76. The van der Waals surface area contributed by atoms with E-state index in [1.807, 2.05) is 20.8 Å². The number of amides is 1. The lowest BCUT2D eigenvalue weighted by atomic mass is 9.98. The Bertz CT molecular complexity index is 519. The molecule has 2 rings (SSSR count). The Balaban J connectivity index is 1.84. The second-order valence-electron chi connectivity index (χ2n) is 6.53. The Morgan fingerprint density at radius 3 is 3.00 bits per heavy atom. The maximum atomic E-state index is 12.1. The van der Waals surface area contributed by atoms with Crippen LogP contribution >= 0.6 is 11.6 Å². The zero-order valence-electron chi connectivity index (χ0n) is 13.3. The molecule has 1 amide bonds. The van der Waals surface area contributed by atoms with Gasteiger partial charge in [0, 0.05) is 25.8 Å². The number of aromatic nitrogens is 2. The number of halogens is 1. The van der Waals surface area contributed by atoms with Gasteiger partial charge in [-0.2, -0.15) is 0 Å². The van der Waals surface area contributed by atoms with E-state index in [-0.39, 0.29) is 11.4 Å². The molecule has 1 N–H and O–H groups in total. The molecule has 0 saturated carbocycles. The fourth-order valence-corrected chi connectivity index (χ4v) is 2.55. The third kappa shape index (κ3) is 5.33. The second kappa shape index (κ2) is 7.13. The number of likely N-dealkylation sites (tertiary alicyclic amines) is 1. The van der Waals surface area contributed by atoms with Crippen LogP contribution < -0.4 is 5.32 Å². The van der Waals surface area contributed by atoms with Gasteiger partial charge in [-0.05, 0) is 57.2 Å². The van der Waals surface area contributed by atoms with Crippen molar-refractivity contribution in [3.8, 4) is 0 Å². The van der Waals surface area contributed by atoms with Crippen molar-refractivity contribution in [2.45, 2.75) is 39.2 Å². The molecule has 22 heavy (non-hydrogen) atoms. The summed E-state index contributed by atoms with van der Waals surface area (Å²) in [5, 5.41) is 3.47. The summed E-state index contributed by atoms with van der Waals surface area (Å²) < 4.78 is 5.43. The lowest BCUT2D eigenvalue weighted by Gasteiger charge is -2.34. The molecule has 1 aromatic heterocycles. The number of rotatable bonds is 3. The molecule has 1 aromatic rings. The van der Waals surface area contributed by atoms with Gasteiger partial charge in [0.15, 0.2) is 0 Å². The van der Waals surface area contributed by atoms with Gasteiger partial charge in [-0.25, -0.2) is 14.8 Å². The highest BCUT2D eigenvalue weighted by atomic mass is 35.5. The molecular formula is C15H23ClN4O2. The predicted octanol–water partition coefficient (Wildman–Crippen LogP) is 3.19. The minimum Gasteiger partial charge on any atom is -0.444 e. The summed E-state index contributed by atoms with van der Waals surface area (Å²) in [5.41, 5.74) is -0.458. The van der Waals surface area contributed by atoms with E-state index in [0.717, 1.165) is 25.9 Å². The van der Waals surface area contributed by atoms with Gasteiger partial charge in [-0.1, -0.05) is 0 Å². The van der Waals surface area contributed by atoms with Gasteiger partial charge >= 0.3 is 6.09 Å². The Hall–Kier alpha value is -1.56. The summed E-state index contributed by atoms with van der Waals surface area (Å²) in [6.07, 6.45) is 3.44. The number of carbonyl (C=O) groups is 1. The first-order valence-electron chi connectivity index (χ1n) is 7.54. The van der Waals surface area contributed by atoms with Crippen molar-refractivity contribution >= 4 is 23.5 Å². The molecule has 1 aliphatic heterocycles. The Morgan fingerprint density at radius 1 is 1.55 bits per heavy atom. The molecule has 6 nitrogen and oxygen atoms in total. The standard InChI is InChI=1S/C15H23ClN4O2/c1-15(2,3)22-14(21)20-8-4-5-11(10-20)9-18-12-6-7-17-13(16)19-12/h6-7,11H,4-5,8-10H2,1-3H3,(H,17,18,19). The summed E-state index contributed by atoms with van der Waals surface area (Å²) in [4.78, 5) is 21.9. The van der Waals surface area contributed by atoms with Crippen molar-refractivity contribution in [1.29, 1.82) is 0 Å². The minimum atomic E-state index is -0.458. The highest BCUT2D eigenvalue weighted by Crippen LogP contribution is 2.20. The molecule has 1 atom stereocenters. The van der Waals surface area contributed by atoms with E-state index < -0.39 is 5.60 Å². The van der Waals surface area contributed by atoms with Crippen LogP contribution in [0.1, 0.15) is 33.6 Å². The van der Waals surface area contributed by atoms with Crippen molar-refractivity contribution in [2.75, 3.05) is 25.0 Å². The summed E-state index contributed by atoms with van der Waals surface area (Å²) in [6.45, 7) is 7.84. The van der Waals surface area contributed by atoms with Crippen LogP contribution in [-0.4, -0.2) is 46.2 Å². The van der Waals surface area contributed by atoms with Crippen LogP contribution in [-0.2, 0) is 4.74 Å². The second-order valence-corrected chi connectivity index (χ2v) is 6.86. The monoisotopic (exact) mass is 326 g/mol. The molecule has 0 aromatic carbocycles. The van der Waals surface area contributed by atoms with E-state index in [2.05, 4.69) is 15.3 Å². The third-order valence-electron chi connectivity index (χ3n) is 3.37. The van der Waals surface area contributed by atoms with Crippen LogP contribution in [0.2, 0.25) is 5.28 Å². The molecule has 2 heterocycles. The number of anilines is 1. The molecule has 0 bridgehead atoms. The van der Waals surface area contributed by atoms with Crippen LogP contribution in [0.25, 0.3) is 0 Å². The maximum absolute atomic E-state index is 12.1. The Labute approximate surface area is 136 Å². The predicted molar refractivity (Wildman–Crippen MR) is 86.1 cm³/mol. The number of hydrogen-bond acceptors (Lipinski definition) is 5. The molecule has 0 spiro atoms. The molecule has 0 aliphatic carbocycles. The zero-order valence-corrected chi connectivity index (χ0v) is 14.1. The topological polar surface area (TPSA) is 67.3 Å². The Kier molecular flexibility index (Phi) is 5.45. The highest BCUT2D eigenvalue weighted by Gasteiger charge is 2.27. The van der Waals surface area contributed by atoms with E-state index in [1.165, 1.54) is 0 Å². The first kappa shape index (κ1) is 16.8. The summed E-state index contributed by atoms with van der Waals surface area (Å²) in [7, 11) is 0. The van der Waals surface area contributed by atoms with Gasteiger partial charge in [-0.3, -0.25) is 0 Å². The lowest BCUT2D eigenvalue weighted by molar-refractivity contribution is 0.0172. The number of ether oxygens (including phenoxy) is 1. The molecule has 1 unspecified atom stereocenters. The first-order chi connectivity index (χ1) is 10.3. The average Bonchev–Trinajstić information content (AvgIpc) is 2.44. The molecule has 1 fully saturated rings. The fraction of sp³-hybridized carbons (Fsp3) is 0.667. The molecule has 1 aliphatic rings. The van der Waals surface area contributed by atoms with Crippen LogP contribution in [0.3, 0.4) is 0 Å².